The number of nitrogens with two attached hydrogens (primary N) is 2. The molecule has 1 aliphatic heterocycles. The van der Waals surface area contributed by atoms with Crippen LogP contribution >= 0.6 is 0 Å². The lowest BCUT2D eigenvalue weighted by Gasteiger charge is -2.41. The first-order chi connectivity index (χ1) is 10.1. The van der Waals surface area contributed by atoms with E-state index in [1.54, 1.807) is 13.0 Å². The molecule has 122 valence electrons. The fraction of sp³-hybridized carbons (Fsp3) is 0.533. The van der Waals surface area contributed by atoms with Crippen LogP contribution in [0.15, 0.2) is 23.1 Å². The average molecular weight is 325 g/mol. The molecule has 0 spiro atoms. The van der Waals surface area contributed by atoms with E-state index >= 15 is 0 Å². The number of amides is 1. The van der Waals surface area contributed by atoms with Gasteiger partial charge in [-0.15, -0.1) is 0 Å². The van der Waals surface area contributed by atoms with Crippen molar-refractivity contribution < 1.29 is 13.2 Å². The molecule has 0 saturated carbocycles. The predicted octanol–water partition coefficient (Wildman–Crippen LogP) is 0.842. The molecule has 0 radical (unpaired) electrons. The van der Waals surface area contributed by atoms with Crippen LogP contribution in [0.5, 0.6) is 0 Å². The van der Waals surface area contributed by atoms with E-state index in [1.807, 2.05) is 13.8 Å². The lowest BCUT2D eigenvalue weighted by atomic mass is 9.81. The van der Waals surface area contributed by atoms with Crippen molar-refractivity contribution >= 4 is 15.9 Å². The van der Waals surface area contributed by atoms with Crippen LogP contribution in [0.4, 0.5) is 0 Å². The zero-order valence-corrected chi connectivity index (χ0v) is 14.0. The molecule has 1 atom stereocenters. The Labute approximate surface area is 131 Å². The molecule has 2 rings (SSSR count). The first-order valence-electron chi connectivity index (χ1n) is 7.22. The van der Waals surface area contributed by atoms with Crippen molar-refractivity contribution in [1.29, 1.82) is 0 Å². The normalized spacial score (nSPS) is 22.5. The Hall–Kier alpha value is -1.44. The molecule has 6 nitrogen and oxygen atoms in total. The summed E-state index contributed by atoms with van der Waals surface area (Å²) in [5.41, 5.74) is 12.0. The Bertz CT molecular complexity index is 698. The van der Waals surface area contributed by atoms with Gasteiger partial charge in [-0.25, -0.2) is 8.42 Å². The van der Waals surface area contributed by atoms with Gasteiger partial charge in [-0.1, -0.05) is 19.9 Å². The Kier molecular flexibility index (Phi) is 4.34. The van der Waals surface area contributed by atoms with Crippen molar-refractivity contribution in [3.8, 4) is 0 Å². The highest BCUT2D eigenvalue weighted by molar-refractivity contribution is 7.89. The van der Waals surface area contributed by atoms with Gasteiger partial charge in [0.05, 0.1) is 4.90 Å². The highest BCUT2D eigenvalue weighted by Crippen LogP contribution is 2.31. The summed E-state index contributed by atoms with van der Waals surface area (Å²) >= 11 is 0. The average Bonchev–Trinajstić information content (AvgIpc) is 2.41. The van der Waals surface area contributed by atoms with Crippen LogP contribution in [0.1, 0.15) is 36.2 Å². The van der Waals surface area contributed by atoms with Crippen LogP contribution in [0, 0.1) is 12.3 Å². The molecule has 22 heavy (non-hydrogen) atoms. The Morgan fingerprint density at radius 3 is 2.55 bits per heavy atom. The topological polar surface area (TPSA) is 106 Å². The molecular formula is C15H23N3O3S. The SMILES string of the molecule is Cc1ccc(S(=O)(=O)N2CCC(N)C(C)(C)C2)cc1C(N)=O. The van der Waals surface area contributed by atoms with Crippen molar-refractivity contribution in [2.45, 2.75) is 38.1 Å². The molecule has 1 amide bonds. The molecule has 1 saturated heterocycles. The van der Waals surface area contributed by atoms with Gasteiger partial charge in [0.25, 0.3) is 0 Å². The third kappa shape index (κ3) is 3.02. The van der Waals surface area contributed by atoms with E-state index in [0.29, 0.717) is 25.1 Å². The molecule has 1 unspecified atom stereocenters. The van der Waals surface area contributed by atoms with E-state index in [1.165, 1.54) is 16.4 Å². The lowest BCUT2D eigenvalue weighted by molar-refractivity contribution is 0.0999. The molecule has 0 bridgehead atoms. The summed E-state index contributed by atoms with van der Waals surface area (Å²) in [5, 5.41) is 0. The van der Waals surface area contributed by atoms with Gasteiger partial charge < -0.3 is 11.5 Å². The van der Waals surface area contributed by atoms with Crippen LogP contribution in [0.25, 0.3) is 0 Å². The maximum Gasteiger partial charge on any atom is 0.249 e. The number of piperidine rings is 1. The Balaban J connectivity index is 2.39. The second-order valence-electron chi connectivity index (χ2n) is 6.56. The molecule has 1 aromatic carbocycles. The molecule has 0 aliphatic carbocycles. The fourth-order valence-electron chi connectivity index (χ4n) is 2.71. The summed E-state index contributed by atoms with van der Waals surface area (Å²) in [6, 6.07) is 4.44. The summed E-state index contributed by atoms with van der Waals surface area (Å²) in [4.78, 5) is 11.5. The van der Waals surface area contributed by atoms with E-state index in [4.69, 9.17) is 11.5 Å². The highest BCUT2D eigenvalue weighted by Gasteiger charge is 2.38. The quantitative estimate of drug-likeness (QED) is 0.858. The number of carbonyl (C=O) groups excluding carboxylic acids is 1. The monoisotopic (exact) mass is 325 g/mol. The molecule has 1 aliphatic rings. The standard InChI is InChI=1S/C15H23N3O3S/c1-10-4-5-11(8-12(10)14(17)19)22(20,21)18-7-6-13(16)15(2,3)9-18/h4-5,8,13H,6-7,9,16H2,1-3H3,(H2,17,19). The first kappa shape index (κ1) is 16.9. The number of sulfonamides is 1. The minimum absolute atomic E-state index is 0.0295. The van der Waals surface area contributed by atoms with Crippen molar-refractivity contribution in [3.05, 3.63) is 29.3 Å². The van der Waals surface area contributed by atoms with Crippen LogP contribution < -0.4 is 11.5 Å². The minimum Gasteiger partial charge on any atom is -0.366 e. The predicted molar refractivity (Wildman–Crippen MR) is 84.8 cm³/mol. The van der Waals surface area contributed by atoms with E-state index in [0.717, 1.165) is 0 Å². The largest absolute Gasteiger partial charge is 0.366 e. The van der Waals surface area contributed by atoms with Gasteiger partial charge in [-0.05, 0) is 36.5 Å². The van der Waals surface area contributed by atoms with Crippen LogP contribution in [-0.2, 0) is 10.0 Å². The second kappa shape index (κ2) is 5.64. The van der Waals surface area contributed by atoms with Gasteiger partial charge in [-0.2, -0.15) is 4.31 Å². The molecule has 0 aromatic heterocycles. The minimum atomic E-state index is -3.66. The Morgan fingerprint density at radius 1 is 1.36 bits per heavy atom. The number of primary amides is 1. The van der Waals surface area contributed by atoms with E-state index in [-0.39, 0.29) is 21.9 Å². The number of hydrogen-bond acceptors (Lipinski definition) is 4. The van der Waals surface area contributed by atoms with Gasteiger partial charge in [0.15, 0.2) is 0 Å². The molecule has 4 N–H and O–H groups in total. The van der Waals surface area contributed by atoms with Crippen LogP contribution in [0.3, 0.4) is 0 Å². The fourth-order valence-corrected chi connectivity index (χ4v) is 4.36. The van der Waals surface area contributed by atoms with E-state index in [9.17, 15) is 13.2 Å². The summed E-state index contributed by atoms with van der Waals surface area (Å²) in [6.45, 7) is 6.38. The lowest BCUT2D eigenvalue weighted by Crippen LogP contribution is -2.53. The van der Waals surface area contributed by atoms with Crippen molar-refractivity contribution in [2.24, 2.45) is 16.9 Å². The van der Waals surface area contributed by atoms with Crippen LogP contribution in [-0.4, -0.2) is 37.8 Å². The number of aryl methyl sites for hydroxylation is 1. The van der Waals surface area contributed by atoms with E-state index in [2.05, 4.69) is 0 Å². The summed E-state index contributed by atoms with van der Waals surface area (Å²) in [7, 11) is -3.66. The number of hydrogen-bond donors (Lipinski definition) is 2. The van der Waals surface area contributed by atoms with Crippen molar-refractivity contribution in [1.82, 2.24) is 4.31 Å². The number of benzene rings is 1. The second-order valence-corrected chi connectivity index (χ2v) is 8.50. The Morgan fingerprint density at radius 2 is 2.00 bits per heavy atom. The van der Waals surface area contributed by atoms with Gasteiger partial charge in [0, 0.05) is 24.7 Å². The summed E-state index contributed by atoms with van der Waals surface area (Å²) in [6.07, 6.45) is 0.612. The number of rotatable bonds is 3. The first-order valence-corrected chi connectivity index (χ1v) is 8.66. The van der Waals surface area contributed by atoms with Crippen molar-refractivity contribution in [3.63, 3.8) is 0 Å². The molecule has 1 aromatic rings. The maximum atomic E-state index is 12.8. The summed E-state index contributed by atoms with van der Waals surface area (Å²) in [5.74, 6) is -0.629. The van der Waals surface area contributed by atoms with E-state index < -0.39 is 15.9 Å². The smallest absolute Gasteiger partial charge is 0.249 e. The third-order valence-corrected chi connectivity index (χ3v) is 6.23. The van der Waals surface area contributed by atoms with Gasteiger partial charge in [-0.3, -0.25) is 4.79 Å². The molecule has 1 fully saturated rings. The van der Waals surface area contributed by atoms with Gasteiger partial charge in [0.1, 0.15) is 0 Å². The molecular weight excluding hydrogens is 302 g/mol. The zero-order chi connectivity index (χ0) is 16.7. The van der Waals surface area contributed by atoms with Crippen LogP contribution in [0.2, 0.25) is 0 Å². The maximum absolute atomic E-state index is 12.8. The number of carbonyl (C=O) groups is 1. The zero-order valence-electron chi connectivity index (χ0n) is 13.2. The molecule has 7 heteroatoms. The van der Waals surface area contributed by atoms with Crippen molar-refractivity contribution in [2.75, 3.05) is 13.1 Å². The number of nitrogens with zero attached hydrogens (tertiary/aromatic N) is 1. The highest BCUT2D eigenvalue weighted by atomic mass is 32.2. The third-order valence-electron chi connectivity index (χ3n) is 4.39. The molecule has 1 heterocycles. The van der Waals surface area contributed by atoms with Gasteiger partial charge >= 0.3 is 0 Å². The van der Waals surface area contributed by atoms with Gasteiger partial charge in [0.2, 0.25) is 15.9 Å². The summed E-state index contributed by atoms with van der Waals surface area (Å²) < 4.78 is 27.0.